The molecule has 3 rings (SSSR count). The standard InChI is InChI=1S/C14H16N4O4/c1-9-17-18-13(21-9)7-16-14(19)10-2-4-15-12(6-10)22-11-3-5-20-8-11/h2,4,6,11H,3,5,7-8H2,1H3,(H,16,19)/t11-/m0/s1. The quantitative estimate of drug-likeness (QED) is 0.874. The van der Waals surface area contributed by atoms with Crippen molar-refractivity contribution in [1.29, 1.82) is 0 Å². The molecule has 22 heavy (non-hydrogen) atoms. The predicted molar refractivity (Wildman–Crippen MR) is 74.3 cm³/mol. The fourth-order valence-corrected chi connectivity index (χ4v) is 2.06. The van der Waals surface area contributed by atoms with Crippen LogP contribution in [0.25, 0.3) is 0 Å². The number of hydrogen-bond acceptors (Lipinski definition) is 7. The molecule has 1 atom stereocenters. The maximum absolute atomic E-state index is 12.1. The van der Waals surface area contributed by atoms with Crippen molar-refractivity contribution >= 4 is 5.91 Å². The topological polar surface area (TPSA) is 99.4 Å². The molecule has 0 spiro atoms. The van der Waals surface area contributed by atoms with Gasteiger partial charge >= 0.3 is 0 Å². The lowest BCUT2D eigenvalue weighted by atomic mass is 10.2. The third-order valence-electron chi connectivity index (χ3n) is 3.14. The van der Waals surface area contributed by atoms with Gasteiger partial charge in [-0.2, -0.15) is 0 Å². The molecule has 2 aromatic rings. The maximum Gasteiger partial charge on any atom is 0.251 e. The first-order valence-electron chi connectivity index (χ1n) is 6.98. The number of aryl methyl sites for hydroxylation is 1. The van der Waals surface area contributed by atoms with E-state index in [2.05, 4.69) is 20.5 Å². The van der Waals surface area contributed by atoms with Gasteiger partial charge in [0.05, 0.1) is 19.8 Å². The van der Waals surface area contributed by atoms with Crippen LogP contribution < -0.4 is 10.1 Å². The molecule has 3 heterocycles. The summed E-state index contributed by atoms with van der Waals surface area (Å²) in [6.07, 6.45) is 2.36. The molecule has 0 saturated carbocycles. The minimum Gasteiger partial charge on any atom is -0.472 e. The van der Waals surface area contributed by atoms with E-state index in [9.17, 15) is 4.79 Å². The SMILES string of the molecule is Cc1nnc(CNC(=O)c2ccnc(O[C@H]3CCOC3)c2)o1. The van der Waals surface area contributed by atoms with Crippen LogP contribution in [-0.4, -0.2) is 40.4 Å². The lowest BCUT2D eigenvalue weighted by molar-refractivity contribution is 0.0945. The van der Waals surface area contributed by atoms with E-state index in [1.54, 1.807) is 19.1 Å². The Kier molecular flexibility index (Phi) is 4.29. The van der Waals surface area contributed by atoms with Crippen LogP contribution in [0.5, 0.6) is 5.88 Å². The van der Waals surface area contributed by atoms with Crippen molar-refractivity contribution in [1.82, 2.24) is 20.5 Å². The molecule has 0 radical (unpaired) electrons. The van der Waals surface area contributed by atoms with E-state index in [4.69, 9.17) is 13.9 Å². The van der Waals surface area contributed by atoms with E-state index in [-0.39, 0.29) is 18.6 Å². The minimum atomic E-state index is -0.259. The molecule has 116 valence electrons. The summed E-state index contributed by atoms with van der Waals surface area (Å²) in [5.74, 6) is 0.977. The monoisotopic (exact) mass is 304 g/mol. The second kappa shape index (κ2) is 6.52. The third-order valence-corrected chi connectivity index (χ3v) is 3.14. The zero-order chi connectivity index (χ0) is 15.4. The highest BCUT2D eigenvalue weighted by Gasteiger charge is 2.18. The smallest absolute Gasteiger partial charge is 0.251 e. The van der Waals surface area contributed by atoms with Gasteiger partial charge in [-0.1, -0.05) is 0 Å². The predicted octanol–water partition coefficient (Wildman–Crippen LogP) is 0.871. The second-order valence-corrected chi connectivity index (χ2v) is 4.88. The highest BCUT2D eigenvalue weighted by atomic mass is 16.5. The van der Waals surface area contributed by atoms with Crippen LogP contribution in [0.15, 0.2) is 22.7 Å². The van der Waals surface area contributed by atoms with E-state index < -0.39 is 0 Å². The number of hydrogen-bond donors (Lipinski definition) is 1. The van der Waals surface area contributed by atoms with Gasteiger partial charge in [0.15, 0.2) is 0 Å². The Morgan fingerprint density at radius 2 is 2.41 bits per heavy atom. The second-order valence-electron chi connectivity index (χ2n) is 4.88. The largest absolute Gasteiger partial charge is 0.472 e. The number of nitrogens with one attached hydrogen (secondary N) is 1. The Hall–Kier alpha value is -2.48. The van der Waals surface area contributed by atoms with E-state index in [0.29, 0.717) is 36.4 Å². The molecule has 1 amide bonds. The number of pyridine rings is 1. The van der Waals surface area contributed by atoms with Gasteiger partial charge in [0, 0.05) is 31.2 Å². The van der Waals surface area contributed by atoms with Gasteiger partial charge in [-0.05, 0) is 6.07 Å². The lowest BCUT2D eigenvalue weighted by Crippen LogP contribution is -2.23. The van der Waals surface area contributed by atoms with Crippen LogP contribution in [0, 0.1) is 6.92 Å². The molecule has 0 aliphatic carbocycles. The summed E-state index contributed by atoms with van der Waals surface area (Å²) < 4.78 is 16.1. The Morgan fingerprint density at radius 3 is 3.14 bits per heavy atom. The third kappa shape index (κ3) is 3.59. The van der Waals surface area contributed by atoms with Crippen LogP contribution in [0.3, 0.4) is 0 Å². The number of rotatable bonds is 5. The van der Waals surface area contributed by atoms with Gasteiger partial charge < -0.3 is 19.2 Å². The lowest BCUT2D eigenvalue weighted by Gasteiger charge is -2.11. The van der Waals surface area contributed by atoms with Crippen LogP contribution in [0.2, 0.25) is 0 Å². The fourth-order valence-electron chi connectivity index (χ4n) is 2.06. The van der Waals surface area contributed by atoms with Crippen molar-refractivity contribution in [3.8, 4) is 5.88 Å². The number of aromatic nitrogens is 3. The molecule has 0 bridgehead atoms. The molecule has 1 fully saturated rings. The van der Waals surface area contributed by atoms with E-state index in [0.717, 1.165) is 6.42 Å². The first-order chi connectivity index (χ1) is 10.7. The van der Waals surface area contributed by atoms with Crippen molar-refractivity contribution in [3.05, 3.63) is 35.7 Å². The van der Waals surface area contributed by atoms with Crippen LogP contribution >= 0.6 is 0 Å². The van der Waals surface area contributed by atoms with Crippen molar-refractivity contribution in [2.45, 2.75) is 26.0 Å². The van der Waals surface area contributed by atoms with Crippen molar-refractivity contribution < 1.29 is 18.7 Å². The number of amides is 1. The van der Waals surface area contributed by atoms with Crippen LogP contribution in [0.1, 0.15) is 28.6 Å². The van der Waals surface area contributed by atoms with Gasteiger partial charge in [0.1, 0.15) is 6.10 Å². The summed E-state index contributed by atoms with van der Waals surface area (Å²) in [7, 11) is 0. The van der Waals surface area contributed by atoms with Crippen molar-refractivity contribution in [2.24, 2.45) is 0 Å². The fraction of sp³-hybridized carbons (Fsp3) is 0.429. The molecule has 1 N–H and O–H groups in total. The average Bonchev–Trinajstić information content (AvgIpc) is 3.17. The molecule has 8 nitrogen and oxygen atoms in total. The highest BCUT2D eigenvalue weighted by molar-refractivity contribution is 5.94. The molecule has 1 aliphatic heterocycles. The molecule has 1 saturated heterocycles. The first kappa shape index (κ1) is 14.5. The average molecular weight is 304 g/mol. The van der Waals surface area contributed by atoms with Gasteiger partial charge in [-0.3, -0.25) is 4.79 Å². The number of ether oxygens (including phenoxy) is 2. The summed E-state index contributed by atoms with van der Waals surface area (Å²) in [5.41, 5.74) is 0.458. The molecular formula is C14H16N4O4. The zero-order valence-corrected chi connectivity index (χ0v) is 12.1. The van der Waals surface area contributed by atoms with E-state index >= 15 is 0 Å². The summed E-state index contributed by atoms with van der Waals surface area (Å²) in [6, 6.07) is 3.22. The van der Waals surface area contributed by atoms with E-state index in [1.165, 1.54) is 6.20 Å². The van der Waals surface area contributed by atoms with Gasteiger partial charge in [-0.15, -0.1) is 10.2 Å². The number of carbonyl (C=O) groups is 1. The Morgan fingerprint density at radius 1 is 1.50 bits per heavy atom. The van der Waals surface area contributed by atoms with Crippen molar-refractivity contribution in [3.63, 3.8) is 0 Å². The van der Waals surface area contributed by atoms with Crippen LogP contribution in [-0.2, 0) is 11.3 Å². The molecule has 0 aromatic carbocycles. The molecular weight excluding hydrogens is 288 g/mol. The maximum atomic E-state index is 12.1. The summed E-state index contributed by atoms with van der Waals surface area (Å²) in [5, 5.41) is 10.2. The normalized spacial score (nSPS) is 17.4. The number of nitrogens with zero attached hydrogens (tertiary/aromatic N) is 3. The zero-order valence-electron chi connectivity index (χ0n) is 12.1. The van der Waals surface area contributed by atoms with Crippen molar-refractivity contribution in [2.75, 3.05) is 13.2 Å². The molecule has 0 unspecified atom stereocenters. The Bertz CT molecular complexity index is 652. The Labute approximate surface area is 126 Å². The first-order valence-corrected chi connectivity index (χ1v) is 6.98. The van der Waals surface area contributed by atoms with Gasteiger partial charge in [0.25, 0.3) is 5.91 Å². The summed E-state index contributed by atoms with van der Waals surface area (Å²) in [6.45, 7) is 3.11. The highest BCUT2D eigenvalue weighted by Crippen LogP contribution is 2.15. The Balaban J connectivity index is 1.59. The summed E-state index contributed by atoms with van der Waals surface area (Å²) >= 11 is 0. The van der Waals surface area contributed by atoms with Gasteiger partial charge in [-0.25, -0.2) is 4.98 Å². The van der Waals surface area contributed by atoms with Crippen LogP contribution in [0.4, 0.5) is 0 Å². The number of carbonyl (C=O) groups excluding carboxylic acids is 1. The summed E-state index contributed by atoms with van der Waals surface area (Å²) in [4.78, 5) is 16.2. The molecule has 8 heteroatoms. The van der Waals surface area contributed by atoms with E-state index in [1.807, 2.05) is 0 Å². The minimum absolute atomic E-state index is 0.00724. The molecule has 1 aliphatic rings. The molecule has 2 aromatic heterocycles. The van der Waals surface area contributed by atoms with Gasteiger partial charge in [0.2, 0.25) is 17.7 Å².